The predicted octanol–water partition coefficient (Wildman–Crippen LogP) is 4.82. The molecule has 0 atom stereocenters. The average molecular weight is 430 g/mol. The molecule has 2 heterocycles. The number of anilines is 1. The molecule has 0 N–H and O–H groups in total. The van der Waals surface area contributed by atoms with E-state index in [2.05, 4.69) is 5.10 Å². The van der Waals surface area contributed by atoms with Crippen LogP contribution in [0.4, 0.5) is 11.4 Å². The number of aryl methyl sites for hydroxylation is 1. The fourth-order valence-corrected chi connectivity index (χ4v) is 3.85. The summed E-state index contributed by atoms with van der Waals surface area (Å²) in [4.78, 5) is 23.7. The monoisotopic (exact) mass is 430 g/mol. The smallest absolute Gasteiger partial charge is 0.280 e. The van der Waals surface area contributed by atoms with E-state index in [1.165, 1.54) is 24.3 Å². The largest absolute Gasteiger partial charge is 0.494 e. The van der Waals surface area contributed by atoms with E-state index in [-0.39, 0.29) is 11.6 Å². The van der Waals surface area contributed by atoms with Gasteiger partial charge in [0.2, 0.25) is 0 Å². The van der Waals surface area contributed by atoms with Gasteiger partial charge >= 0.3 is 0 Å². The molecule has 1 aliphatic heterocycles. The maximum absolute atomic E-state index is 13.0. The van der Waals surface area contributed by atoms with Gasteiger partial charge in [-0.1, -0.05) is 18.2 Å². The summed E-state index contributed by atoms with van der Waals surface area (Å²) in [7, 11) is 1.48. The number of benzene rings is 2. The predicted molar refractivity (Wildman–Crippen MR) is 123 cm³/mol. The summed E-state index contributed by atoms with van der Waals surface area (Å²) in [6, 6.07) is 15.8. The third-order valence-electron chi connectivity index (χ3n) is 5.45. The van der Waals surface area contributed by atoms with Crippen LogP contribution in [0.1, 0.15) is 23.9 Å². The number of ether oxygens (including phenoxy) is 1. The molecule has 0 spiro atoms. The van der Waals surface area contributed by atoms with Gasteiger partial charge in [-0.05, 0) is 56.7 Å². The van der Waals surface area contributed by atoms with E-state index in [9.17, 15) is 14.9 Å². The Hall–Kier alpha value is -4.20. The third kappa shape index (κ3) is 3.56. The lowest BCUT2D eigenvalue weighted by molar-refractivity contribution is -0.384. The van der Waals surface area contributed by atoms with Crippen LogP contribution >= 0.6 is 0 Å². The topological polar surface area (TPSA) is 90.0 Å². The molecule has 4 rings (SSSR count). The number of carbonyl (C=O) groups excluding carboxylic acids is 1. The van der Waals surface area contributed by atoms with Gasteiger partial charge in [-0.25, -0.2) is 0 Å². The molecule has 1 aromatic heterocycles. The van der Waals surface area contributed by atoms with Crippen LogP contribution in [0, 0.1) is 24.0 Å². The van der Waals surface area contributed by atoms with Gasteiger partial charge in [0.05, 0.1) is 40.8 Å². The van der Waals surface area contributed by atoms with Gasteiger partial charge in [0.1, 0.15) is 5.75 Å². The van der Waals surface area contributed by atoms with E-state index < -0.39 is 4.92 Å². The normalized spacial score (nSPS) is 14.8. The Morgan fingerprint density at radius 2 is 1.78 bits per heavy atom. The summed E-state index contributed by atoms with van der Waals surface area (Å²) >= 11 is 0. The first-order valence-electron chi connectivity index (χ1n) is 10.0. The molecule has 3 aromatic rings. The maximum Gasteiger partial charge on any atom is 0.280 e. The number of methoxy groups -OCH3 is 1. The number of nitrogens with zero attached hydrogens (tertiary/aromatic N) is 4. The Labute approximate surface area is 185 Å². The second kappa shape index (κ2) is 8.14. The summed E-state index contributed by atoms with van der Waals surface area (Å²) < 4.78 is 7.37. The molecule has 0 aliphatic carbocycles. The van der Waals surface area contributed by atoms with Crippen molar-refractivity contribution in [2.24, 2.45) is 5.10 Å². The number of non-ortho nitro benzene ring substituents is 1. The van der Waals surface area contributed by atoms with Gasteiger partial charge in [-0.15, -0.1) is 0 Å². The van der Waals surface area contributed by atoms with E-state index in [0.29, 0.717) is 28.4 Å². The summed E-state index contributed by atoms with van der Waals surface area (Å²) in [5.41, 5.74) is 5.15. The van der Waals surface area contributed by atoms with Crippen molar-refractivity contribution in [3.8, 4) is 11.4 Å². The highest BCUT2D eigenvalue weighted by Crippen LogP contribution is 2.33. The van der Waals surface area contributed by atoms with Crippen LogP contribution in [0.15, 0.2) is 65.3 Å². The van der Waals surface area contributed by atoms with E-state index in [1.807, 2.05) is 67.8 Å². The highest BCUT2D eigenvalue weighted by atomic mass is 16.6. The van der Waals surface area contributed by atoms with Gasteiger partial charge in [0.15, 0.2) is 0 Å². The van der Waals surface area contributed by atoms with Crippen molar-refractivity contribution in [3.63, 3.8) is 0 Å². The molecule has 0 saturated carbocycles. The van der Waals surface area contributed by atoms with Crippen molar-refractivity contribution in [1.82, 2.24) is 4.57 Å². The van der Waals surface area contributed by atoms with Crippen LogP contribution in [0.2, 0.25) is 0 Å². The number of hydrogen-bond donors (Lipinski definition) is 0. The number of hydrogen-bond acceptors (Lipinski definition) is 5. The minimum Gasteiger partial charge on any atom is -0.494 e. The molecule has 0 fully saturated rings. The fourth-order valence-electron chi connectivity index (χ4n) is 3.85. The van der Waals surface area contributed by atoms with Crippen LogP contribution < -0.4 is 9.75 Å². The minimum absolute atomic E-state index is 0.0419. The van der Waals surface area contributed by atoms with Crippen molar-refractivity contribution in [2.45, 2.75) is 20.8 Å². The van der Waals surface area contributed by atoms with E-state index in [1.54, 1.807) is 6.07 Å². The van der Waals surface area contributed by atoms with Gasteiger partial charge < -0.3 is 9.30 Å². The van der Waals surface area contributed by atoms with Crippen molar-refractivity contribution in [1.29, 1.82) is 0 Å². The fraction of sp³-hybridized carbons (Fsp3) is 0.167. The van der Waals surface area contributed by atoms with Crippen LogP contribution in [-0.2, 0) is 4.79 Å². The first-order chi connectivity index (χ1) is 15.3. The zero-order chi connectivity index (χ0) is 23.0. The van der Waals surface area contributed by atoms with Crippen LogP contribution in [0.5, 0.6) is 5.75 Å². The number of nitro benzene ring substituents is 1. The number of amides is 1. The number of hydrazone groups is 1. The van der Waals surface area contributed by atoms with Crippen molar-refractivity contribution in [2.75, 3.05) is 12.1 Å². The molecule has 162 valence electrons. The van der Waals surface area contributed by atoms with Crippen LogP contribution in [-0.4, -0.2) is 28.2 Å². The Balaban J connectivity index is 1.75. The standard InChI is InChI=1S/C24H22N4O4/c1-15-12-18(13-21-16(2)25-27(24(21)29)19-8-6-5-7-9-19)17(3)26(15)22-11-10-20(28(30)31)14-23(22)32-4/h5-14H,1-4H3/b21-13+. The zero-order valence-electron chi connectivity index (χ0n) is 18.2. The van der Waals surface area contributed by atoms with Gasteiger partial charge in [-0.2, -0.15) is 10.1 Å². The lowest BCUT2D eigenvalue weighted by Gasteiger charge is -2.14. The highest BCUT2D eigenvalue weighted by molar-refractivity contribution is 6.32. The van der Waals surface area contributed by atoms with Gasteiger partial charge in [-0.3, -0.25) is 14.9 Å². The minimum atomic E-state index is -0.455. The molecule has 1 aliphatic rings. The van der Waals surface area contributed by atoms with Crippen molar-refractivity contribution < 1.29 is 14.5 Å². The van der Waals surface area contributed by atoms with Crippen LogP contribution in [0.25, 0.3) is 11.8 Å². The Morgan fingerprint density at radius 1 is 1.06 bits per heavy atom. The molecule has 0 unspecified atom stereocenters. The molecule has 8 nitrogen and oxygen atoms in total. The van der Waals surface area contributed by atoms with Gasteiger partial charge in [0, 0.05) is 17.5 Å². The maximum atomic E-state index is 13.0. The summed E-state index contributed by atoms with van der Waals surface area (Å²) in [6.45, 7) is 5.68. The van der Waals surface area contributed by atoms with E-state index in [0.717, 1.165) is 17.0 Å². The third-order valence-corrected chi connectivity index (χ3v) is 5.45. The SMILES string of the molecule is COc1cc([N+](=O)[O-])ccc1-n1c(C)cc(/C=C2/C(=O)N(c3ccccc3)N=C2C)c1C. The van der Waals surface area contributed by atoms with E-state index >= 15 is 0 Å². The quantitative estimate of drug-likeness (QED) is 0.330. The van der Waals surface area contributed by atoms with Crippen LogP contribution in [0.3, 0.4) is 0 Å². The number of carbonyl (C=O) groups is 1. The van der Waals surface area contributed by atoms with Crippen molar-refractivity contribution >= 4 is 29.1 Å². The summed E-state index contributed by atoms with van der Waals surface area (Å²) in [5.74, 6) is 0.205. The second-order valence-corrected chi connectivity index (χ2v) is 7.47. The number of para-hydroxylation sites is 1. The molecule has 2 aromatic carbocycles. The molecule has 0 saturated heterocycles. The molecule has 0 bridgehead atoms. The highest BCUT2D eigenvalue weighted by Gasteiger charge is 2.29. The average Bonchev–Trinajstić information content (AvgIpc) is 3.23. The molecule has 8 heteroatoms. The Bertz CT molecular complexity index is 1290. The molecule has 32 heavy (non-hydrogen) atoms. The molecule has 0 radical (unpaired) electrons. The first-order valence-corrected chi connectivity index (χ1v) is 10.0. The van der Waals surface area contributed by atoms with Crippen molar-refractivity contribution in [3.05, 3.63) is 87.2 Å². The second-order valence-electron chi connectivity index (χ2n) is 7.47. The number of rotatable bonds is 5. The lowest BCUT2D eigenvalue weighted by atomic mass is 10.1. The zero-order valence-corrected chi connectivity index (χ0v) is 18.2. The number of nitro groups is 1. The van der Waals surface area contributed by atoms with E-state index in [4.69, 9.17) is 4.74 Å². The Kier molecular flexibility index (Phi) is 5.36. The number of aromatic nitrogens is 1. The summed E-state index contributed by atoms with van der Waals surface area (Å²) in [5, 5.41) is 17.0. The molecular formula is C24H22N4O4. The lowest BCUT2D eigenvalue weighted by Crippen LogP contribution is -2.21. The molecule has 1 amide bonds. The first kappa shape index (κ1) is 21.0. The Morgan fingerprint density at radius 3 is 2.44 bits per heavy atom. The summed E-state index contributed by atoms with van der Waals surface area (Å²) in [6.07, 6.45) is 1.83. The van der Waals surface area contributed by atoms with Gasteiger partial charge in [0.25, 0.3) is 11.6 Å². The molecular weight excluding hydrogens is 408 g/mol.